The van der Waals surface area contributed by atoms with Gasteiger partial charge >= 0.3 is 0 Å². The van der Waals surface area contributed by atoms with Crippen molar-refractivity contribution < 1.29 is 10.0 Å². The Kier molecular flexibility index (Phi) is 3.87. The number of aryl methyl sites for hydroxylation is 1. The number of nitro benzene ring substituents is 1. The quantitative estimate of drug-likeness (QED) is 0.686. The lowest BCUT2D eigenvalue weighted by molar-refractivity contribution is -0.387. The maximum absolute atomic E-state index is 11.0. The zero-order valence-corrected chi connectivity index (χ0v) is 11.3. The first-order valence-corrected chi connectivity index (χ1v) is 6.39. The second kappa shape index (κ2) is 5.41. The molecule has 0 aliphatic carbocycles. The van der Waals surface area contributed by atoms with Crippen molar-refractivity contribution in [3.05, 3.63) is 45.8 Å². The molecule has 0 saturated carbocycles. The monoisotopic (exact) mass is 279 g/mol. The third-order valence-electron chi connectivity index (χ3n) is 2.78. The molecule has 100 valence electrons. The van der Waals surface area contributed by atoms with Gasteiger partial charge in [0, 0.05) is 13.1 Å². The van der Waals surface area contributed by atoms with Gasteiger partial charge in [0.25, 0.3) is 5.69 Å². The number of hydrogen-bond donors (Lipinski definition) is 1. The summed E-state index contributed by atoms with van der Waals surface area (Å²) < 4.78 is 1.72. The highest BCUT2D eigenvalue weighted by Gasteiger charge is 2.19. The molecule has 7 heteroatoms. The van der Waals surface area contributed by atoms with Crippen molar-refractivity contribution in [1.29, 1.82) is 0 Å². The van der Waals surface area contributed by atoms with Gasteiger partial charge in [-0.2, -0.15) is 0 Å². The third kappa shape index (κ3) is 2.61. The summed E-state index contributed by atoms with van der Waals surface area (Å²) in [5, 5.41) is 20.8. The lowest BCUT2D eigenvalue weighted by atomic mass is 10.2. The first kappa shape index (κ1) is 13.6. The molecule has 2 aromatic rings. The summed E-state index contributed by atoms with van der Waals surface area (Å²) in [6, 6.07) is 4.96. The van der Waals surface area contributed by atoms with Crippen molar-refractivity contribution in [2.45, 2.75) is 23.6 Å². The van der Waals surface area contributed by atoms with E-state index in [2.05, 4.69) is 4.98 Å². The standard InChI is InChI=1S/C12H13N3O3S/c1-8-4-3-5-10(15(17)18)11(8)19-12-13-6-9(7-16)14(12)2/h3-6,16H,7H2,1-2H3. The number of aliphatic hydroxyl groups excluding tert-OH is 1. The van der Waals surface area contributed by atoms with Crippen LogP contribution in [0.2, 0.25) is 0 Å². The average Bonchev–Trinajstić information content (AvgIpc) is 2.72. The Morgan fingerprint density at radius 2 is 2.26 bits per heavy atom. The van der Waals surface area contributed by atoms with Crippen LogP contribution in [0.5, 0.6) is 0 Å². The van der Waals surface area contributed by atoms with Gasteiger partial charge in [0.05, 0.1) is 28.3 Å². The van der Waals surface area contributed by atoms with Gasteiger partial charge in [0.15, 0.2) is 5.16 Å². The highest BCUT2D eigenvalue weighted by molar-refractivity contribution is 7.99. The molecular weight excluding hydrogens is 266 g/mol. The molecule has 0 fully saturated rings. The molecule has 19 heavy (non-hydrogen) atoms. The van der Waals surface area contributed by atoms with E-state index >= 15 is 0 Å². The SMILES string of the molecule is Cc1cccc([N+](=O)[O-])c1Sc1ncc(CO)n1C. The van der Waals surface area contributed by atoms with E-state index in [0.717, 1.165) is 5.56 Å². The predicted octanol–water partition coefficient (Wildman–Crippen LogP) is 2.28. The number of aliphatic hydroxyl groups is 1. The van der Waals surface area contributed by atoms with E-state index in [1.54, 1.807) is 23.9 Å². The van der Waals surface area contributed by atoms with E-state index in [0.29, 0.717) is 15.7 Å². The molecule has 1 heterocycles. The molecule has 0 aliphatic heterocycles. The van der Waals surface area contributed by atoms with Crippen molar-refractivity contribution in [2.24, 2.45) is 7.05 Å². The van der Waals surface area contributed by atoms with Gasteiger partial charge in [0.2, 0.25) is 0 Å². The first-order valence-electron chi connectivity index (χ1n) is 5.58. The highest BCUT2D eigenvalue weighted by Crippen LogP contribution is 2.36. The fourth-order valence-electron chi connectivity index (χ4n) is 1.67. The van der Waals surface area contributed by atoms with E-state index in [1.165, 1.54) is 17.8 Å². The van der Waals surface area contributed by atoms with Gasteiger partial charge in [-0.05, 0) is 24.2 Å². The normalized spacial score (nSPS) is 10.7. The lowest BCUT2D eigenvalue weighted by Crippen LogP contribution is -1.98. The number of nitro groups is 1. The fraction of sp³-hybridized carbons (Fsp3) is 0.250. The Labute approximate surface area is 114 Å². The van der Waals surface area contributed by atoms with Crippen LogP contribution in [0.3, 0.4) is 0 Å². The van der Waals surface area contributed by atoms with Gasteiger partial charge in [-0.1, -0.05) is 12.1 Å². The minimum Gasteiger partial charge on any atom is -0.390 e. The van der Waals surface area contributed by atoms with E-state index < -0.39 is 4.92 Å². The molecule has 0 aliphatic rings. The molecule has 0 unspecified atom stereocenters. The van der Waals surface area contributed by atoms with Crippen LogP contribution in [0.4, 0.5) is 5.69 Å². The summed E-state index contributed by atoms with van der Waals surface area (Å²) in [7, 11) is 1.77. The van der Waals surface area contributed by atoms with Gasteiger partial charge in [-0.15, -0.1) is 0 Å². The predicted molar refractivity (Wildman–Crippen MR) is 71.1 cm³/mol. The number of nitrogens with zero attached hydrogens (tertiary/aromatic N) is 3. The average molecular weight is 279 g/mol. The smallest absolute Gasteiger partial charge is 0.283 e. The molecule has 0 bridgehead atoms. The van der Waals surface area contributed by atoms with Crippen LogP contribution in [0.15, 0.2) is 34.4 Å². The highest BCUT2D eigenvalue weighted by atomic mass is 32.2. The van der Waals surface area contributed by atoms with E-state index in [9.17, 15) is 10.1 Å². The van der Waals surface area contributed by atoms with Crippen LogP contribution in [0.25, 0.3) is 0 Å². The molecule has 0 radical (unpaired) electrons. The summed E-state index contributed by atoms with van der Waals surface area (Å²) in [5.41, 5.74) is 1.56. The molecule has 0 saturated heterocycles. The number of imidazole rings is 1. The summed E-state index contributed by atoms with van der Waals surface area (Å²) in [6.07, 6.45) is 1.56. The van der Waals surface area contributed by atoms with Gasteiger partial charge in [0.1, 0.15) is 0 Å². The van der Waals surface area contributed by atoms with E-state index in [-0.39, 0.29) is 12.3 Å². The molecule has 2 rings (SSSR count). The van der Waals surface area contributed by atoms with E-state index in [4.69, 9.17) is 5.11 Å². The van der Waals surface area contributed by atoms with Gasteiger partial charge < -0.3 is 9.67 Å². The Bertz CT molecular complexity index is 625. The fourth-order valence-corrected chi connectivity index (χ4v) is 2.69. The minimum atomic E-state index is -0.398. The van der Waals surface area contributed by atoms with Crippen molar-refractivity contribution in [2.75, 3.05) is 0 Å². The summed E-state index contributed by atoms with van der Waals surface area (Å²) >= 11 is 1.23. The summed E-state index contributed by atoms with van der Waals surface area (Å²) in [5.74, 6) is 0. The van der Waals surface area contributed by atoms with E-state index in [1.807, 2.05) is 13.0 Å². The molecule has 0 atom stereocenters. The summed E-state index contributed by atoms with van der Waals surface area (Å²) in [4.78, 5) is 15.4. The molecule has 1 N–H and O–H groups in total. The van der Waals surface area contributed by atoms with Crippen LogP contribution in [-0.2, 0) is 13.7 Å². The Morgan fingerprint density at radius 1 is 1.53 bits per heavy atom. The maximum Gasteiger partial charge on any atom is 0.283 e. The summed E-state index contributed by atoms with van der Waals surface area (Å²) in [6.45, 7) is 1.71. The van der Waals surface area contributed by atoms with Crippen molar-refractivity contribution in [3.8, 4) is 0 Å². The van der Waals surface area contributed by atoms with Crippen molar-refractivity contribution in [1.82, 2.24) is 9.55 Å². The number of aromatic nitrogens is 2. The molecule has 0 amide bonds. The Morgan fingerprint density at radius 3 is 2.84 bits per heavy atom. The van der Waals surface area contributed by atoms with Gasteiger partial charge in [-0.25, -0.2) is 4.98 Å². The van der Waals surface area contributed by atoms with Crippen LogP contribution < -0.4 is 0 Å². The van der Waals surface area contributed by atoms with Crippen LogP contribution in [0, 0.1) is 17.0 Å². The third-order valence-corrected chi connectivity index (χ3v) is 4.08. The molecule has 6 nitrogen and oxygen atoms in total. The number of rotatable bonds is 4. The zero-order valence-electron chi connectivity index (χ0n) is 10.5. The molecule has 1 aromatic heterocycles. The Balaban J connectivity index is 2.43. The second-order valence-electron chi connectivity index (χ2n) is 4.03. The van der Waals surface area contributed by atoms with Crippen LogP contribution in [-0.4, -0.2) is 19.6 Å². The van der Waals surface area contributed by atoms with Crippen molar-refractivity contribution >= 4 is 17.4 Å². The lowest BCUT2D eigenvalue weighted by Gasteiger charge is -2.07. The minimum absolute atomic E-state index is 0.0681. The second-order valence-corrected chi connectivity index (χ2v) is 5.01. The Hall–Kier alpha value is -1.86. The maximum atomic E-state index is 11.0. The first-order chi connectivity index (χ1) is 9.04. The van der Waals surface area contributed by atoms with Crippen molar-refractivity contribution in [3.63, 3.8) is 0 Å². The zero-order chi connectivity index (χ0) is 14.0. The molecular formula is C12H13N3O3S. The molecule has 1 aromatic carbocycles. The van der Waals surface area contributed by atoms with Gasteiger partial charge in [-0.3, -0.25) is 10.1 Å². The van der Waals surface area contributed by atoms with Crippen LogP contribution >= 0.6 is 11.8 Å². The number of benzene rings is 1. The topological polar surface area (TPSA) is 81.2 Å². The number of hydrogen-bond acceptors (Lipinski definition) is 5. The largest absolute Gasteiger partial charge is 0.390 e. The molecule has 0 spiro atoms. The van der Waals surface area contributed by atoms with Crippen LogP contribution in [0.1, 0.15) is 11.3 Å².